The van der Waals surface area contributed by atoms with Gasteiger partial charge in [-0.15, -0.1) is 0 Å². The van der Waals surface area contributed by atoms with Gasteiger partial charge in [0.15, 0.2) is 5.96 Å². The number of benzene rings is 3. The van der Waals surface area contributed by atoms with Crippen molar-refractivity contribution in [3.05, 3.63) is 108 Å². The van der Waals surface area contributed by atoms with Crippen molar-refractivity contribution in [2.24, 2.45) is 16.5 Å². The SMILES string of the molecule is CSC[C@H](NC(=O)Cc1ccccc1)C(=O)N[C@H](CCCN=C(N)N)C(=O)N[C@@H](Cc1ccccc1)C(=O)NCCc1ccccc1. The number of rotatable bonds is 19. The number of nitrogens with one attached hydrogen (secondary N) is 4. The Bertz CT molecular complexity index is 1440. The quantitative estimate of drug-likeness (QED) is 0.0644. The Morgan fingerprint density at radius 1 is 0.702 bits per heavy atom. The standard InChI is InChI=1S/C35H45N7O4S/c1-47-24-30(40-31(43)23-27-16-9-4-10-17-27)34(46)41-28(18-11-20-39-35(36)37)33(45)42-29(22-26-14-7-3-8-15-26)32(44)38-21-19-25-12-5-2-6-13-25/h2-10,12-17,28-30H,11,18-24H2,1H3,(H,38,44)(H,40,43)(H,41,46)(H,42,45)(H4,36,37,39)/t28-,29+,30+/m1/s1. The number of nitrogens with two attached hydrogens (primary N) is 2. The summed E-state index contributed by atoms with van der Waals surface area (Å²) in [7, 11) is 0. The number of aliphatic imine (C=N–C) groups is 1. The molecule has 0 radical (unpaired) electrons. The van der Waals surface area contributed by atoms with Crippen LogP contribution in [-0.2, 0) is 38.4 Å². The molecule has 0 saturated carbocycles. The first-order valence-corrected chi connectivity index (χ1v) is 17.0. The Kier molecular flexibility index (Phi) is 15.8. The molecule has 0 heterocycles. The minimum atomic E-state index is -1.01. The van der Waals surface area contributed by atoms with Gasteiger partial charge in [-0.05, 0) is 42.2 Å². The molecule has 0 aliphatic heterocycles. The zero-order chi connectivity index (χ0) is 33.9. The van der Waals surface area contributed by atoms with Crippen LogP contribution in [0.3, 0.4) is 0 Å². The third kappa shape index (κ3) is 14.0. The Balaban J connectivity index is 1.73. The molecule has 8 N–H and O–H groups in total. The molecule has 0 saturated heterocycles. The van der Waals surface area contributed by atoms with Crippen molar-refractivity contribution in [3.63, 3.8) is 0 Å². The second kappa shape index (κ2) is 20.3. The largest absolute Gasteiger partial charge is 0.370 e. The lowest BCUT2D eigenvalue weighted by atomic mass is 10.0. The molecule has 250 valence electrons. The maximum absolute atomic E-state index is 13.8. The number of carbonyl (C=O) groups excluding carboxylic acids is 4. The van der Waals surface area contributed by atoms with E-state index in [0.29, 0.717) is 25.1 Å². The number of carbonyl (C=O) groups is 4. The average molecular weight is 660 g/mol. The van der Waals surface area contributed by atoms with E-state index in [1.54, 1.807) is 0 Å². The molecule has 0 fully saturated rings. The minimum absolute atomic E-state index is 0.0775. The predicted octanol–water partition coefficient (Wildman–Crippen LogP) is 1.70. The Morgan fingerprint density at radius 2 is 1.26 bits per heavy atom. The van der Waals surface area contributed by atoms with Crippen molar-refractivity contribution >= 4 is 41.4 Å². The second-order valence-corrected chi connectivity index (χ2v) is 11.9. The first kappa shape index (κ1) is 36.6. The number of hydrogen-bond donors (Lipinski definition) is 6. The van der Waals surface area contributed by atoms with E-state index in [2.05, 4.69) is 26.3 Å². The molecule has 3 atom stereocenters. The highest BCUT2D eigenvalue weighted by Gasteiger charge is 2.29. The van der Waals surface area contributed by atoms with Gasteiger partial charge in [-0.3, -0.25) is 24.2 Å². The monoisotopic (exact) mass is 659 g/mol. The normalized spacial score (nSPS) is 12.5. The van der Waals surface area contributed by atoms with Gasteiger partial charge in [0, 0.05) is 25.3 Å². The topological polar surface area (TPSA) is 181 Å². The molecule has 12 heteroatoms. The molecule has 0 unspecified atom stereocenters. The molecule has 4 amide bonds. The molecule has 3 aromatic carbocycles. The van der Waals surface area contributed by atoms with E-state index in [0.717, 1.165) is 16.7 Å². The lowest BCUT2D eigenvalue weighted by molar-refractivity contribution is -0.133. The maximum atomic E-state index is 13.8. The first-order chi connectivity index (χ1) is 22.7. The molecule has 11 nitrogen and oxygen atoms in total. The van der Waals surface area contributed by atoms with Gasteiger partial charge in [0.1, 0.15) is 18.1 Å². The van der Waals surface area contributed by atoms with E-state index >= 15 is 0 Å². The van der Waals surface area contributed by atoms with Crippen LogP contribution >= 0.6 is 11.8 Å². The summed E-state index contributed by atoms with van der Waals surface area (Å²) in [6.07, 6.45) is 3.41. The van der Waals surface area contributed by atoms with Crippen molar-refractivity contribution in [2.75, 3.05) is 25.1 Å². The molecule has 47 heavy (non-hydrogen) atoms. The van der Waals surface area contributed by atoms with Gasteiger partial charge in [-0.2, -0.15) is 11.8 Å². The predicted molar refractivity (Wildman–Crippen MR) is 188 cm³/mol. The van der Waals surface area contributed by atoms with Gasteiger partial charge in [0.25, 0.3) is 0 Å². The van der Waals surface area contributed by atoms with E-state index < -0.39 is 29.9 Å². The van der Waals surface area contributed by atoms with Crippen LogP contribution in [0, 0.1) is 0 Å². The summed E-state index contributed by atoms with van der Waals surface area (Å²) in [4.78, 5) is 57.5. The van der Waals surface area contributed by atoms with E-state index in [4.69, 9.17) is 11.5 Å². The van der Waals surface area contributed by atoms with Gasteiger partial charge in [-0.25, -0.2) is 0 Å². The molecule has 3 aromatic rings. The van der Waals surface area contributed by atoms with E-state index in [1.165, 1.54) is 11.8 Å². The van der Waals surface area contributed by atoms with Crippen LogP contribution in [0.2, 0.25) is 0 Å². The molecule has 0 aliphatic carbocycles. The van der Waals surface area contributed by atoms with Crippen molar-refractivity contribution in [1.29, 1.82) is 0 Å². The average Bonchev–Trinajstić information content (AvgIpc) is 3.06. The van der Waals surface area contributed by atoms with Gasteiger partial charge >= 0.3 is 0 Å². The highest BCUT2D eigenvalue weighted by molar-refractivity contribution is 7.98. The van der Waals surface area contributed by atoms with Gasteiger partial charge < -0.3 is 32.7 Å². The Hall–Kier alpha value is -4.84. The summed E-state index contributed by atoms with van der Waals surface area (Å²) in [5, 5.41) is 11.4. The number of nitrogens with zero attached hydrogens (tertiary/aromatic N) is 1. The van der Waals surface area contributed by atoms with Crippen molar-refractivity contribution in [3.8, 4) is 0 Å². The van der Waals surface area contributed by atoms with E-state index in [9.17, 15) is 19.2 Å². The highest BCUT2D eigenvalue weighted by atomic mass is 32.2. The van der Waals surface area contributed by atoms with Crippen molar-refractivity contribution in [2.45, 2.75) is 50.2 Å². The summed E-state index contributed by atoms with van der Waals surface area (Å²) in [6, 6.07) is 25.6. The fourth-order valence-corrected chi connectivity index (χ4v) is 5.42. The smallest absolute Gasteiger partial charge is 0.244 e. The summed E-state index contributed by atoms with van der Waals surface area (Å²) in [5.41, 5.74) is 13.7. The van der Waals surface area contributed by atoms with Crippen molar-refractivity contribution in [1.82, 2.24) is 21.3 Å². The van der Waals surface area contributed by atoms with Crippen LogP contribution in [0.5, 0.6) is 0 Å². The Labute approximate surface area is 280 Å². The molecule has 0 aromatic heterocycles. The van der Waals surface area contributed by atoms with Crippen LogP contribution in [0.15, 0.2) is 96.0 Å². The van der Waals surface area contributed by atoms with E-state index in [-0.39, 0.29) is 43.6 Å². The van der Waals surface area contributed by atoms with Gasteiger partial charge in [0.05, 0.1) is 6.42 Å². The van der Waals surface area contributed by atoms with Crippen LogP contribution in [-0.4, -0.2) is 72.8 Å². The number of amides is 4. The molecule has 3 rings (SSSR count). The number of hydrogen-bond acceptors (Lipinski definition) is 6. The fraction of sp³-hybridized carbons (Fsp3) is 0.343. The summed E-state index contributed by atoms with van der Waals surface area (Å²) in [5.74, 6) is -1.46. The molecule has 0 aliphatic rings. The Morgan fingerprint density at radius 3 is 1.85 bits per heavy atom. The second-order valence-electron chi connectivity index (χ2n) is 11.0. The molecule has 0 spiro atoms. The zero-order valence-electron chi connectivity index (χ0n) is 26.7. The van der Waals surface area contributed by atoms with Crippen LogP contribution in [0.4, 0.5) is 0 Å². The summed E-state index contributed by atoms with van der Waals surface area (Å²) < 4.78 is 0. The fourth-order valence-electron chi connectivity index (χ4n) is 4.85. The third-order valence-corrected chi connectivity index (χ3v) is 7.91. The van der Waals surface area contributed by atoms with Crippen LogP contribution in [0.1, 0.15) is 29.5 Å². The van der Waals surface area contributed by atoms with Crippen LogP contribution < -0.4 is 32.7 Å². The summed E-state index contributed by atoms with van der Waals surface area (Å²) >= 11 is 1.39. The minimum Gasteiger partial charge on any atom is -0.370 e. The first-order valence-electron chi connectivity index (χ1n) is 15.6. The summed E-state index contributed by atoms with van der Waals surface area (Å²) in [6.45, 7) is 0.638. The van der Waals surface area contributed by atoms with E-state index in [1.807, 2.05) is 97.3 Å². The van der Waals surface area contributed by atoms with Gasteiger partial charge in [0.2, 0.25) is 23.6 Å². The van der Waals surface area contributed by atoms with Crippen molar-refractivity contribution < 1.29 is 19.2 Å². The number of guanidine groups is 1. The third-order valence-electron chi connectivity index (χ3n) is 7.24. The number of thioether (sulfide) groups is 1. The zero-order valence-corrected chi connectivity index (χ0v) is 27.5. The lowest BCUT2D eigenvalue weighted by Crippen LogP contribution is -2.57. The molecular formula is C35H45N7O4S. The molecular weight excluding hydrogens is 614 g/mol. The van der Waals surface area contributed by atoms with Gasteiger partial charge in [-0.1, -0.05) is 91.0 Å². The lowest BCUT2D eigenvalue weighted by Gasteiger charge is -2.25. The highest BCUT2D eigenvalue weighted by Crippen LogP contribution is 2.08. The molecule has 0 bridgehead atoms. The van der Waals surface area contributed by atoms with Crippen LogP contribution in [0.25, 0.3) is 0 Å². The maximum Gasteiger partial charge on any atom is 0.244 e.